The number of nitrogens with zero attached hydrogens (tertiary/aromatic N) is 2. The first-order valence-corrected chi connectivity index (χ1v) is 6.58. The van der Waals surface area contributed by atoms with E-state index in [2.05, 4.69) is 37.9 Å². The second-order valence-electron chi connectivity index (χ2n) is 3.60. The largest absolute Gasteiger partial charge is 0.306 e. The lowest BCUT2D eigenvalue weighted by molar-refractivity contribution is 0.102. The van der Waals surface area contributed by atoms with Gasteiger partial charge < -0.3 is 5.32 Å². The fourth-order valence-electron chi connectivity index (χ4n) is 1.41. The lowest BCUT2D eigenvalue weighted by Gasteiger charge is -2.07. The SMILES string of the molecule is Cc1cccc(C(=O)Nc2ccnc(Cl)n2)c1I. The molecule has 6 heteroatoms. The predicted octanol–water partition coefficient (Wildman–Crippen LogP) is 3.30. The van der Waals surface area contributed by atoms with Crippen LogP contribution in [0.3, 0.4) is 0 Å². The molecule has 1 amide bonds. The quantitative estimate of drug-likeness (QED) is 0.649. The van der Waals surface area contributed by atoms with Crippen LogP contribution in [0.15, 0.2) is 30.5 Å². The Labute approximate surface area is 123 Å². The average molecular weight is 374 g/mol. The standard InChI is InChI=1S/C12H9ClIN3O/c1-7-3-2-4-8(10(7)14)11(18)16-9-5-6-15-12(13)17-9/h2-6H,1H3,(H,15,16,17,18). The first-order valence-electron chi connectivity index (χ1n) is 5.13. The van der Waals surface area contributed by atoms with Crippen LogP contribution in [-0.4, -0.2) is 15.9 Å². The molecule has 0 bridgehead atoms. The molecule has 92 valence electrons. The molecule has 0 fully saturated rings. The predicted molar refractivity (Wildman–Crippen MR) is 78.9 cm³/mol. The van der Waals surface area contributed by atoms with Crippen LogP contribution in [0.2, 0.25) is 5.28 Å². The smallest absolute Gasteiger partial charge is 0.257 e. The number of hydrogen-bond acceptors (Lipinski definition) is 3. The molecule has 0 atom stereocenters. The summed E-state index contributed by atoms with van der Waals surface area (Å²) in [7, 11) is 0. The van der Waals surface area contributed by atoms with Crippen molar-refractivity contribution in [2.24, 2.45) is 0 Å². The third-order valence-corrected chi connectivity index (χ3v) is 3.92. The van der Waals surface area contributed by atoms with Gasteiger partial charge in [0.05, 0.1) is 5.56 Å². The summed E-state index contributed by atoms with van der Waals surface area (Å²) in [5, 5.41) is 2.79. The third-order valence-electron chi connectivity index (χ3n) is 2.30. The topological polar surface area (TPSA) is 54.9 Å². The Hall–Kier alpha value is -1.21. The fraction of sp³-hybridized carbons (Fsp3) is 0.0833. The molecular formula is C12H9ClIN3O. The van der Waals surface area contributed by atoms with Crippen LogP contribution >= 0.6 is 34.2 Å². The Morgan fingerprint density at radius 3 is 2.89 bits per heavy atom. The van der Waals surface area contributed by atoms with Gasteiger partial charge in [-0.05, 0) is 58.8 Å². The summed E-state index contributed by atoms with van der Waals surface area (Å²) in [6.07, 6.45) is 1.49. The van der Waals surface area contributed by atoms with Crippen molar-refractivity contribution in [2.45, 2.75) is 6.92 Å². The Morgan fingerprint density at radius 1 is 1.39 bits per heavy atom. The monoisotopic (exact) mass is 373 g/mol. The number of carbonyl (C=O) groups excluding carboxylic acids is 1. The van der Waals surface area contributed by atoms with Crippen LogP contribution in [0.5, 0.6) is 0 Å². The van der Waals surface area contributed by atoms with E-state index in [1.165, 1.54) is 6.20 Å². The molecule has 1 heterocycles. The van der Waals surface area contributed by atoms with E-state index in [0.29, 0.717) is 11.4 Å². The van der Waals surface area contributed by atoms with Crippen molar-refractivity contribution in [1.29, 1.82) is 0 Å². The summed E-state index contributed by atoms with van der Waals surface area (Å²) in [6, 6.07) is 7.17. The van der Waals surface area contributed by atoms with Crippen molar-refractivity contribution in [3.05, 3.63) is 50.4 Å². The molecule has 2 aromatic rings. The minimum Gasteiger partial charge on any atom is -0.306 e. The van der Waals surface area contributed by atoms with Gasteiger partial charge in [-0.25, -0.2) is 9.97 Å². The molecule has 0 aliphatic carbocycles. The maximum Gasteiger partial charge on any atom is 0.257 e. The Balaban J connectivity index is 2.25. The summed E-state index contributed by atoms with van der Waals surface area (Å²) in [5.74, 6) is 0.176. The number of hydrogen-bond donors (Lipinski definition) is 1. The minimum absolute atomic E-state index is 0.103. The van der Waals surface area contributed by atoms with Gasteiger partial charge in [0.15, 0.2) is 0 Å². The first-order chi connectivity index (χ1) is 8.58. The first kappa shape index (κ1) is 13.2. The summed E-state index contributed by atoms with van der Waals surface area (Å²) in [4.78, 5) is 19.7. The Bertz CT molecular complexity index is 604. The molecule has 0 aliphatic rings. The van der Waals surface area contributed by atoms with Crippen LogP contribution in [-0.2, 0) is 0 Å². The highest BCUT2D eigenvalue weighted by molar-refractivity contribution is 14.1. The second-order valence-corrected chi connectivity index (χ2v) is 5.02. The fourth-order valence-corrected chi connectivity index (χ4v) is 2.16. The van der Waals surface area contributed by atoms with Gasteiger partial charge in [-0.2, -0.15) is 0 Å². The highest BCUT2D eigenvalue weighted by atomic mass is 127. The van der Waals surface area contributed by atoms with Crippen LogP contribution in [0.4, 0.5) is 5.82 Å². The van der Waals surface area contributed by atoms with E-state index in [9.17, 15) is 4.79 Å². The maximum absolute atomic E-state index is 12.1. The normalized spacial score (nSPS) is 10.2. The molecule has 1 aromatic heterocycles. The molecule has 0 saturated heterocycles. The van der Waals surface area contributed by atoms with Crippen LogP contribution in [0.25, 0.3) is 0 Å². The molecule has 0 saturated carbocycles. The van der Waals surface area contributed by atoms with Gasteiger partial charge in [0, 0.05) is 9.77 Å². The number of anilines is 1. The Kier molecular flexibility index (Phi) is 4.13. The zero-order valence-electron chi connectivity index (χ0n) is 9.45. The molecule has 1 N–H and O–H groups in total. The summed E-state index contributed by atoms with van der Waals surface area (Å²) in [5.41, 5.74) is 1.68. The zero-order chi connectivity index (χ0) is 13.1. The number of aryl methyl sites for hydroxylation is 1. The molecule has 1 aromatic carbocycles. The van der Waals surface area contributed by atoms with Crippen molar-refractivity contribution in [3.63, 3.8) is 0 Å². The van der Waals surface area contributed by atoms with E-state index < -0.39 is 0 Å². The molecular weight excluding hydrogens is 365 g/mol. The molecule has 0 radical (unpaired) electrons. The van der Waals surface area contributed by atoms with Gasteiger partial charge in [0.25, 0.3) is 5.91 Å². The van der Waals surface area contributed by atoms with E-state index in [4.69, 9.17) is 11.6 Å². The van der Waals surface area contributed by atoms with E-state index in [1.54, 1.807) is 12.1 Å². The van der Waals surface area contributed by atoms with Crippen LogP contribution in [0, 0.1) is 10.5 Å². The van der Waals surface area contributed by atoms with Gasteiger partial charge in [-0.3, -0.25) is 4.79 Å². The Morgan fingerprint density at radius 2 is 2.17 bits per heavy atom. The molecule has 0 spiro atoms. The number of nitrogens with one attached hydrogen (secondary N) is 1. The number of halogens is 2. The van der Waals surface area contributed by atoms with Gasteiger partial charge >= 0.3 is 0 Å². The molecule has 4 nitrogen and oxygen atoms in total. The summed E-state index contributed by atoms with van der Waals surface area (Å²) in [6.45, 7) is 1.96. The number of benzene rings is 1. The highest BCUT2D eigenvalue weighted by Gasteiger charge is 2.12. The molecule has 18 heavy (non-hydrogen) atoms. The second kappa shape index (κ2) is 5.62. The summed E-state index contributed by atoms with van der Waals surface area (Å²) < 4.78 is 0.924. The lowest BCUT2D eigenvalue weighted by Crippen LogP contribution is -2.15. The van der Waals surface area contributed by atoms with Crippen LogP contribution in [0.1, 0.15) is 15.9 Å². The zero-order valence-corrected chi connectivity index (χ0v) is 12.4. The van der Waals surface area contributed by atoms with Crippen molar-refractivity contribution in [3.8, 4) is 0 Å². The minimum atomic E-state index is -0.210. The van der Waals surface area contributed by atoms with Gasteiger partial charge in [-0.15, -0.1) is 0 Å². The van der Waals surface area contributed by atoms with Crippen molar-refractivity contribution >= 4 is 45.9 Å². The average Bonchev–Trinajstić information content (AvgIpc) is 2.32. The van der Waals surface area contributed by atoms with Crippen LogP contribution < -0.4 is 5.32 Å². The summed E-state index contributed by atoms with van der Waals surface area (Å²) >= 11 is 7.81. The molecule has 2 rings (SSSR count). The lowest BCUT2D eigenvalue weighted by atomic mass is 10.1. The van der Waals surface area contributed by atoms with Crippen molar-refractivity contribution in [1.82, 2.24) is 9.97 Å². The number of rotatable bonds is 2. The van der Waals surface area contributed by atoms with Gasteiger partial charge in [0.2, 0.25) is 5.28 Å². The number of carbonyl (C=O) groups is 1. The van der Waals surface area contributed by atoms with E-state index >= 15 is 0 Å². The van der Waals surface area contributed by atoms with Crippen molar-refractivity contribution < 1.29 is 4.79 Å². The molecule has 0 unspecified atom stereocenters. The van der Waals surface area contributed by atoms with E-state index in [-0.39, 0.29) is 11.2 Å². The van der Waals surface area contributed by atoms with Gasteiger partial charge in [0.1, 0.15) is 5.82 Å². The highest BCUT2D eigenvalue weighted by Crippen LogP contribution is 2.18. The number of amides is 1. The molecule has 0 aliphatic heterocycles. The third kappa shape index (κ3) is 2.97. The maximum atomic E-state index is 12.1. The van der Waals surface area contributed by atoms with Gasteiger partial charge in [-0.1, -0.05) is 12.1 Å². The number of aromatic nitrogens is 2. The van der Waals surface area contributed by atoms with E-state index in [0.717, 1.165) is 9.13 Å². The van der Waals surface area contributed by atoms with Crippen molar-refractivity contribution in [2.75, 3.05) is 5.32 Å². The van der Waals surface area contributed by atoms with E-state index in [1.807, 2.05) is 19.1 Å².